The van der Waals surface area contributed by atoms with Crippen LogP contribution in [0.25, 0.3) is 0 Å². The third-order valence-corrected chi connectivity index (χ3v) is 6.76. The first-order valence-electron chi connectivity index (χ1n) is 9.07. The number of thioether (sulfide) groups is 1. The molecule has 4 nitrogen and oxygen atoms in total. The maximum Gasteiger partial charge on any atom is 0.241 e. The summed E-state index contributed by atoms with van der Waals surface area (Å²) in [5.74, 6) is 2.24. The van der Waals surface area contributed by atoms with E-state index in [2.05, 4.69) is 58.4 Å². The zero-order chi connectivity index (χ0) is 19.2. The van der Waals surface area contributed by atoms with E-state index in [1.54, 1.807) is 11.8 Å². The second kappa shape index (κ2) is 9.95. The quantitative estimate of drug-likeness (QED) is 0.596. The van der Waals surface area contributed by atoms with Gasteiger partial charge in [0, 0.05) is 24.6 Å². The zero-order valence-corrected chi connectivity index (χ0v) is 18.1. The van der Waals surface area contributed by atoms with Crippen LogP contribution in [0.15, 0.2) is 17.0 Å². The molecule has 0 spiro atoms. The lowest BCUT2D eigenvalue weighted by molar-refractivity contribution is 0.578. The molecule has 0 aromatic heterocycles. The summed E-state index contributed by atoms with van der Waals surface area (Å²) in [6.45, 7) is 13.5. The van der Waals surface area contributed by atoms with Crippen LogP contribution in [0.4, 0.5) is 0 Å². The second-order valence-corrected chi connectivity index (χ2v) is 10.2. The molecule has 144 valence electrons. The molecule has 0 aliphatic heterocycles. The van der Waals surface area contributed by atoms with Gasteiger partial charge in [-0.15, -0.1) is 0 Å². The SMILES string of the molecule is CC(C)c1cc(C(C)C)c(S(=O)(=O)NCCSCCN)c(C(C)C)c1. The van der Waals surface area contributed by atoms with Crippen LogP contribution >= 0.6 is 11.8 Å². The van der Waals surface area contributed by atoms with Gasteiger partial charge in [-0.05, 0) is 34.4 Å². The molecule has 1 aromatic carbocycles. The Morgan fingerprint density at radius 2 is 1.48 bits per heavy atom. The molecule has 0 bridgehead atoms. The van der Waals surface area contributed by atoms with Crippen molar-refractivity contribution in [2.75, 3.05) is 24.6 Å². The molecule has 3 N–H and O–H groups in total. The minimum atomic E-state index is -3.54. The molecular formula is C19H34N2O2S2. The van der Waals surface area contributed by atoms with Crippen LogP contribution in [0, 0.1) is 0 Å². The maximum atomic E-state index is 13.1. The van der Waals surface area contributed by atoms with Crippen LogP contribution in [0.1, 0.15) is 76.0 Å². The lowest BCUT2D eigenvalue weighted by Gasteiger charge is -2.23. The number of nitrogens with one attached hydrogen (secondary N) is 1. The highest BCUT2D eigenvalue weighted by molar-refractivity contribution is 7.99. The van der Waals surface area contributed by atoms with Crippen molar-refractivity contribution in [3.63, 3.8) is 0 Å². The minimum absolute atomic E-state index is 0.148. The van der Waals surface area contributed by atoms with Gasteiger partial charge in [0.05, 0.1) is 4.90 Å². The van der Waals surface area contributed by atoms with Crippen LogP contribution in [0.5, 0.6) is 0 Å². The van der Waals surface area contributed by atoms with Crippen LogP contribution in [-0.4, -0.2) is 33.0 Å². The fourth-order valence-electron chi connectivity index (χ4n) is 2.71. The Hall–Kier alpha value is -0.560. The molecule has 0 aliphatic rings. The highest BCUT2D eigenvalue weighted by atomic mass is 32.2. The van der Waals surface area contributed by atoms with Crippen LogP contribution in [-0.2, 0) is 10.0 Å². The summed E-state index contributed by atoms with van der Waals surface area (Å²) in [4.78, 5) is 0.478. The lowest BCUT2D eigenvalue weighted by Crippen LogP contribution is -2.29. The summed E-state index contributed by atoms with van der Waals surface area (Å²) in [5.41, 5.74) is 8.50. The first-order valence-corrected chi connectivity index (χ1v) is 11.7. The van der Waals surface area contributed by atoms with Gasteiger partial charge in [-0.2, -0.15) is 11.8 Å². The van der Waals surface area contributed by atoms with Gasteiger partial charge in [-0.3, -0.25) is 0 Å². The van der Waals surface area contributed by atoms with E-state index < -0.39 is 10.0 Å². The van der Waals surface area contributed by atoms with Gasteiger partial charge in [-0.25, -0.2) is 13.1 Å². The Morgan fingerprint density at radius 3 is 1.88 bits per heavy atom. The van der Waals surface area contributed by atoms with Crippen molar-refractivity contribution in [1.29, 1.82) is 0 Å². The van der Waals surface area contributed by atoms with Crippen LogP contribution < -0.4 is 10.5 Å². The van der Waals surface area contributed by atoms with Gasteiger partial charge in [0.2, 0.25) is 10.0 Å². The third kappa shape index (κ3) is 6.27. The van der Waals surface area contributed by atoms with E-state index in [0.29, 0.717) is 23.9 Å². The molecule has 0 saturated carbocycles. The highest BCUT2D eigenvalue weighted by Gasteiger charge is 2.26. The molecule has 0 amide bonds. The highest BCUT2D eigenvalue weighted by Crippen LogP contribution is 2.34. The predicted molar refractivity (Wildman–Crippen MR) is 110 cm³/mol. The molecule has 25 heavy (non-hydrogen) atoms. The van der Waals surface area contributed by atoms with Gasteiger partial charge >= 0.3 is 0 Å². The van der Waals surface area contributed by atoms with Gasteiger partial charge in [-0.1, -0.05) is 53.7 Å². The zero-order valence-electron chi connectivity index (χ0n) is 16.4. The molecule has 0 fully saturated rings. The smallest absolute Gasteiger partial charge is 0.241 e. The summed E-state index contributed by atoms with van der Waals surface area (Å²) in [7, 11) is -3.54. The molecule has 6 heteroatoms. The summed E-state index contributed by atoms with van der Waals surface area (Å²) in [5, 5.41) is 0. The minimum Gasteiger partial charge on any atom is -0.330 e. The molecule has 0 atom stereocenters. The number of hydrogen-bond donors (Lipinski definition) is 2. The maximum absolute atomic E-state index is 13.1. The Kier molecular flexibility index (Phi) is 8.95. The average Bonchev–Trinajstić information content (AvgIpc) is 2.53. The molecule has 0 unspecified atom stereocenters. The average molecular weight is 387 g/mol. The fourth-order valence-corrected chi connectivity index (χ4v) is 5.18. The first kappa shape index (κ1) is 22.5. The topological polar surface area (TPSA) is 72.2 Å². The Labute approximate surface area is 158 Å². The third-order valence-electron chi connectivity index (χ3n) is 4.15. The normalized spacial score (nSPS) is 12.6. The van der Waals surface area contributed by atoms with Gasteiger partial charge < -0.3 is 5.73 Å². The van der Waals surface area contributed by atoms with Crippen molar-refractivity contribution >= 4 is 21.8 Å². The summed E-state index contributed by atoms with van der Waals surface area (Å²) >= 11 is 1.66. The predicted octanol–water partition coefficient (Wildman–Crippen LogP) is 4.03. The van der Waals surface area contributed by atoms with E-state index in [9.17, 15) is 8.42 Å². The van der Waals surface area contributed by atoms with Gasteiger partial charge in [0.25, 0.3) is 0 Å². The second-order valence-electron chi connectivity index (χ2n) is 7.29. The lowest BCUT2D eigenvalue weighted by atomic mass is 9.89. The van der Waals surface area contributed by atoms with Crippen molar-refractivity contribution in [3.05, 3.63) is 28.8 Å². The van der Waals surface area contributed by atoms with E-state index >= 15 is 0 Å². The monoisotopic (exact) mass is 386 g/mol. The number of rotatable bonds is 10. The molecule has 0 heterocycles. The van der Waals surface area contributed by atoms with Gasteiger partial charge in [0.15, 0.2) is 0 Å². The van der Waals surface area contributed by atoms with E-state index in [0.717, 1.165) is 22.6 Å². The fraction of sp³-hybridized carbons (Fsp3) is 0.684. The van der Waals surface area contributed by atoms with E-state index in [1.165, 1.54) is 5.56 Å². The first-order chi connectivity index (χ1) is 11.6. The standard InChI is InChI=1S/C19H34N2O2S2/c1-13(2)16-11-17(14(3)4)19(18(12-16)15(5)6)25(22,23)21-8-10-24-9-7-20/h11-15,21H,7-10,20H2,1-6H3. The largest absolute Gasteiger partial charge is 0.330 e. The van der Waals surface area contributed by atoms with Crippen molar-refractivity contribution in [3.8, 4) is 0 Å². The summed E-state index contributed by atoms with van der Waals surface area (Å²) < 4.78 is 28.9. The molecule has 0 saturated heterocycles. The molecule has 0 radical (unpaired) electrons. The Balaban J connectivity index is 3.30. The van der Waals surface area contributed by atoms with Crippen molar-refractivity contribution < 1.29 is 8.42 Å². The van der Waals surface area contributed by atoms with E-state index in [4.69, 9.17) is 5.73 Å². The van der Waals surface area contributed by atoms with Gasteiger partial charge in [0.1, 0.15) is 0 Å². The summed E-state index contributed by atoms with van der Waals surface area (Å²) in [6, 6.07) is 4.14. The Bertz CT molecular complexity index is 624. The number of sulfonamides is 1. The number of benzene rings is 1. The van der Waals surface area contributed by atoms with Crippen LogP contribution in [0.2, 0.25) is 0 Å². The molecule has 1 aromatic rings. The Morgan fingerprint density at radius 1 is 0.960 bits per heavy atom. The number of hydrogen-bond acceptors (Lipinski definition) is 4. The van der Waals surface area contributed by atoms with Crippen molar-refractivity contribution in [1.82, 2.24) is 4.72 Å². The van der Waals surface area contributed by atoms with Crippen molar-refractivity contribution in [2.45, 2.75) is 64.2 Å². The molecule has 1 rings (SSSR count). The molecule has 0 aliphatic carbocycles. The van der Waals surface area contributed by atoms with E-state index in [-0.39, 0.29) is 11.8 Å². The van der Waals surface area contributed by atoms with Crippen molar-refractivity contribution in [2.24, 2.45) is 5.73 Å². The van der Waals surface area contributed by atoms with Crippen LogP contribution in [0.3, 0.4) is 0 Å². The number of nitrogens with two attached hydrogens (primary N) is 1. The van der Waals surface area contributed by atoms with E-state index in [1.807, 2.05) is 0 Å². The molecular weight excluding hydrogens is 352 g/mol. The summed E-state index contributed by atoms with van der Waals surface area (Å²) in [6.07, 6.45) is 0.